The van der Waals surface area contributed by atoms with Gasteiger partial charge in [0.25, 0.3) is 5.56 Å². The molecular weight excluding hydrogens is 353 g/mol. The highest BCUT2D eigenvalue weighted by molar-refractivity contribution is 5.62. The first-order valence-electron chi connectivity index (χ1n) is 8.19. The van der Waals surface area contributed by atoms with E-state index in [1.165, 1.54) is 10.6 Å². The van der Waals surface area contributed by atoms with Crippen LogP contribution in [-0.4, -0.2) is 11.2 Å². The summed E-state index contributed by atoms with van der Waals surface area (Å²) in [6.45, 7) is -1.89. The van der Waals surface area contributed by atoms with Crippen molar-refractivity contribution in [1.82, 2.24) is 4.57 Å². The first-order chi connectivity index (χ1) is 13.0. The number of pyridine rings is 1. The monoisotopic (exact) mass is 368 g/mol. The first-order valence-corrected chi connectivity index (χ1v) is 8.19. The minimum Gasteiger partial charge on any atom is -0.303 e. The third-order valence-electron chi connectivity index (χ3n) is 4.23. The van der Waals surface area contributed by atoms with E-state index >= 15 is 0 Å². The fraction of sp³-hybridized carbons (Fsp3) is 0.143. The molecule has 0 bridgehead atoms. The van der Waals surface area contributed by atoms with Gasteiger partial charge in [-0.2, -0.15) is 14.0 Å². The summed E-state index contributed by atoms with van der Waals surface area (Å²) in [4.78, 5) is 12.9. The van der Waals surface area contributed by atoms with Gasteiger partial charge in [-0.1, -0.05) is 60.7 Å². The van der Waals surface area contributed by atoms with Crippen molar-refractivity contribution in [3.05, 3.63) is 93.8 Å². The summed E-state index contributed by atoms with van der Waals surface area (Å²) in [6, 6.07) is 20.0. The van der Waals surface area contributed by atoms with Gasteiger partial charge in [0.05, 0.1) is 12.2 Å². The topological polar surface area (TPSA) is 45.8 Å². The first kappa shape index (κ1) is 18.5. The van der Waals surface area contributed by atoms with Gasteiger partial charge in [-0.3, -0.25) is 4.79 Å². The molecular formula is C21H15F3N2O. The Morgan fingerprint density at radius 3 is 2.15 bits per heavy atom. The molecule has 1 heterocycles. The van der Waals surface area contributed by atoms with Crippen LogP contribution in [-0.2, 0) is 12.5 Å². The van der Waals surface area contributed by atoms with Crippen LogP contribution in [0.5, 0.6) is 0 Å². The van der Waals surface area contributed by atoms with Crippen molar-refractivity contribution < 1.29 is 13.2 Å². The van der Waals surface area contributed by atoms with Gasteiger partial charge in [0.2, 0.25) is 0 Å². The van der Waals surface area contributed by atoms with Crippen LogP contribution >= 0.6 is 0 Å². The molecule has 3 nitrogen and oxygen atoms in total. The average molecular weight is 368 g/mol. The molecule has 27 heavy (non-hydrogen) atoms. The molecule has 0 unspecified atom stereocenters. The minimum atomic E-state index is -3.92. The lowest BCUT2D eigenvalue weighted by atomic mass is 10.00. The summed E-state index contributed by atoms with van der Waals surface area (Å²) in [6.07, 6.45) is 0. The molecule has 0 spiro atoms. The Balaban J connectivity index is 2.31. The predicted octanol–water partition coefficient (Wildman–Crippen LogP) is 4.50. The van der Waals surface area contributed by atoms with Crippen molar-refractivity contribution in [3.63, 3.8) is 0 Å². The number of benzene rings is 2. The van der Waals surface area contributed by atoms with E-state index in [2.05, 4.69) is 0 Å². The SMILES string of the molecule is N#Cc1c(C(F)(F)CF)cc(-c2ccccc2)n(Cc2ccccc2)c1=O. The molecule has 136 valence electrons. The molecule has 3 rings (SSSR count). The lowest BCUT2D eigenvalue weighted by Gasteiger charge is -2.20. The molecule has 6 heteroatoms. The smallest absolute Gasteiger partial charge is 0.302 e. The standard InChI is InChI=1S/C21H15F3N2O/c22-14-21(23,24)18-11-19(16-9-5-2-6-10-16)26(20(27)17(18)12-25)13-15-7-3-1-4-8-15/h1-11H,13-14H2. The molecule has 2 aromatic carbocycles. The summed E-state index contributed by atoms with van der Waals surface area (Å²) in [7, 11) is 0. The Morgan fingerprint density at radius 2 is 1.59 bits per heavy atom. The van der Waals surface area contributed by atoms with Gasteiger partial charge in [-0.15, -0.1) is 0 Å². The summed E-state index contributed by atoms with van der Waals surface area (Å²) in [5, 5.41) is 9.29. The van der Waals surface area contributed by atoms with Crippen LogP contribution in [0.3, 0.4) is 0 Å². The molecule has 0 aliphatic heterocycles. The van der Waals surface area contributed by atoms with Crippen LogP contribution < -0.4 is 5.56 Å². The van der Waals surface area contributed by atoms with E-state index in [-0.39, 0.29) is 12.2 Å². The molecule has 3 aromatic rings. The molecule has 0 radical (unpaired) electrons. The molecule has 0 aliphatic rings. The normalized spacial score (nSPS) is 11.2. The number of nitriles is 1. The quantitative estimate of drug-likeness (QED) is 0.666. The van der Waals surface area contributed by atoms with Crippen LogP contribution in [0.2, 0.25) is 0 Å². The van der Waals surface area contributed by atoms with E-state index < -0.39 is 29.3 Å². The zero-order chi connectivity index (χ0) is 19.4. The molecule has 0 amide bonds. The Kier molecular flexibility index (Phi) is 5.13. The number of aromatic nitrogens is 1. The largest absolute Gasteiger partial charge is 0.303 e. The number of hydrogen-bond acceptors (Lipinski definition) is 2. The highest BCUT2D eigenvalue weighted by atomic mass is 19.3. The van der Waals surface area contributed by atoms with Crippen LogP contribution in [0, 0.1) is 11.3 Å². The summed E-state index contributed by atoms with van der Waals surface area (Å²) in [5.74, 6) is -3.92. The molecule has 0 saturated heterocycles. The molecule has 0 atom stereocenters. The molecule has 0 aliphatic carbocycles. The number of nitrogens with zero attached hydrogens (tertiary/aromatic N) is 2. The van der Waals surface area contributed by atoms with Gasteiger partial charge in [0.1, 0.15) is 11.6 Å². The van der Waals surface area contributed by atoms with Crippen LogP contribution in [0.15, 0.2) is 71.5 Å². The van der Waals surface area contributed by atoms with Gasteiger partial charge in [0, 0.05) is 5.56 Å². The van der Waals surface area contributed by atoms with E-state index in [1.54, 1.807) is 54.6 Å². The second kappa shape index (κ2) is 7.50. The summed E-state index contributed by atoms with van der Waals surface area (Å²) < 4.78 is 42.4. The fourth-order valence-corrected chi connectivity index (χ4v) is 2.89. The third-order valence-corrected chi connectivity index (χ3v) is 4.23. The highest BCUT2D eigenvalue weighted by Gasteiger charge is 2.37. The fourth-order valence-electron chi connectivity index (χ4n) is 2.89. The van der Waals surface area contributed by atoms with E-state index in [0.717, 1.165) is 11.6 Å². The zero-order valence-corrected chi connectivity index (χ0v) is 14.2. The van der Waals surface area contributed by atoms with Crippen molar-refractivity contribution in [2.45, 2.75) is 12.5 Å². The predicted molar refractivity (Wildman–Crippen MR) is 96.3 cm³/mol. The van der Waals surface area contributed by atoms with E-state index in [0.29, 0.717) is 5.56 Å². The molecule has 0 saturated carbocycles. The minimum absolute atomic E-state index is 0.0973. The van der Waals surface area contributed by atoms with E-state index in [4.69, 9.17) is 0 Å². The van der Waals surface area contributed by atoms with Gasteiger partial charge < -0.3 is 4.57 Å². The Morgan fingerprint density at radius 1 is 1.00 bits per heavy atom. The lowest BCUT2D eigenvalue weighted by Crippen LogP contribution is -2.30. The van der Waals surface area contributed by atoms with E-state index in [1.807, 2.05) is 6.07 Å². The highest BCUT2D eigenvalue weighted by Crippen LogP contribution is 2.33. The molecule has 1 aromatic heterocycles. The van der Waals surface area contributed by atoms with Crippen LogP contribution in [0.4, 0.5) is 13.2 Å². The maximum absolute atomic E-state index is 14.1. The van der Waals surface area contributed by atoms with Crippen molar-refractivity contribution in [1.29, 1.82) is 5.26 Å². The lowest BCUT2D eigenvalue weighted by molar-refractivity contribution is -0.0285. The molecule has 0 fully saturated rings. The van der Waals surface area contributed by atoms with Gasteiger partial charge in [-0.25, -0.2) is 4.39 Å². The van der Waals surface area contributed by atoms with Crippen molar-refractivity contribution in [2.75, 3.05) is 6.67 Å². The Bertz CT molecular complexity index is 1040. The second-order valence-electron chi connectivity index (χ2n) is 6.01. The van der Waals surface area contributed by atoms with Crippen LogP contribution in [0.25, 0.3) is 11.3 Å². The number of halogens is 3. The van der Waals surface area contributed by atoms with Gasteiger partial charge >= 0.3 is 5.92 Å². The van der Waals surface area contributed by atoms with Crippen LogP contribution in [0.1, 0.15) is 16.7 Å². The van der Waals surface area contributed by atoms with Gasteiger partial charge in [0.15, 0.2) is 6.67 Å². The Labute approximate surface area is 153 Å². The van der Waals surface area contributed by atoms with E-state index in [9.17, 15) is 23.2 Å². The van der Waals surface area contributed by atoms with Gasteiger partial charge in [-0.05, 0) is 17.2 Å². The Hall–Kier alpha value is -3.33. The number of alkyl halides is 3. The third kappa shape index (κ3) is 3.63. The number of rotatable bonds is 5. The maximum Gasteiger partial charge on any atom is 0.302 e. The maximum atomic E-state index is 14.1. The van der Waals surface area contributed by atoms with Crippen molar-refractivity contribution in [3.8, 4) is 17.3 Å². The van der Waals surface area contributed by atoms with Crippen molar-refractivity contribution in [2.24, 2.45) is 0 Å². The number of hydrogen-bond donors (Lipinski definition) is 0. The van der Waals surface area contributed by atoms with Crippen molar-refractivity contribution >= 4 is 0 Å². The average Bonchev–Trinajstić information content (AvgIpc) is 2.70. The molecule has 0 N–H and O–H groups in total. The second-order valence-corrected chi connectivity index (χ2v) is 6.01. The summed E-state index contributed by atoms with van der Waals surface area (Å²) in [5.41, 5.74) is -1.01. The zero-order valence-electron chi connectivity index (χ0n) is 14.2. The summed E-state index contributed by atoms with van der Waals surface area (Å²) >= 11 is 0.